The molecule has 88 valence electrons. The summed E-state index contributed by atoms with van der Waals surface area (Å²) in [5, 5.41) is 5.94. The SMILES string of the molecule is CNCCCC(=O)NCC1CCCCO1. The zero-order valence-corrected chi connectivity index (χ0v) is 9.55. The van der Waals surface area contributed by atoms with Gasteiger partial charge in [0.25, 0.3) is 0 Å². The van der Waals surface area contributed by atoms with Gasteiger partial charge in [-0.2, -0.15) is 0 Å². The molecule has 1 atom stereocenters. The summed E-state index contributed by atoms with van der Waals surface area (Å²) in [7, 11) is 1.90. The summed E-state index contributed by atoms with van der Waals surface area (Å²) in [6.07, 6.45) is 5.21. The van der Waals surface area contributed by atoms with Crippen molar-refractivity contribution in [2.24, 2.45) is 0 Å². The molecular formula is C11H22N2O2. The predicted molar refractivity (Wildman–Crippen MR) is 59.8 cm³/mol. The second-order valence-electron chi connectivity index (χ2n) is 4.00. The number of rotatable bonds is 6. The van der Waals surface area contributed by atoms with Gasteiger partial charge in [-0.15, -0.1) is 0 Å². The summed E-state index contributed by atoms with van der Waals surface area (Å²) < 4.78 is 5.53. The Hall–Kier alpha value is -0.610. The molecule has 0 radical (unpaired) electrons. The van der Waals surface area contributed by atoms with Crippen molar-refractivity contribution in [2.45, 2.75) is 38.2 Å². The van der Waals surface area contributed by atoms with Crippen LogP contribution in [0.2, 0.25) is 0 Å². The van der Waals surface area contributed by atoms with E-state index in [1.807, 2.05) is 7.05 Å². The highest BCUT2D eigenvalue weighted by Gasteiger charge is 2.14. The predicted octanol–water partition coefficient (Wildman–Crippen LogP) is 0.671. The van der Waals surface area contributed by atoms with E-state index in [1.54, 1.807) is 0 Å². The quantitative estimate of drug-likeness (QED) is 0.639. The summed E-state index contributed by atoms with van der Waals surface area (Å²) in [5.41, 5.74) is 0. The summed E-state index contributed by atoms with van der Waals surface area (Å²) in [5.74, 6) is 0.138. The molecule has 4 heteroatoms. The van der Waals surface area contributed by atoms with E-state index in [4.69, 9.17) is 4.74 Å². The van der Waals surface area contributed by atoms with Crippen molar-refractivity contribution in [2.75, 3.05) is 26.7 Å². The highest BCUT2D eigenvalue weighted by Crippen LogP contribution is 2.11. The van der Waals surface area contributed by atoms with Crippen LogP contribution in [0.4, 0.5) is 0 Å². The van der Waals surface area contributed by atoms with E-state index >= 15 is 0 Å². The maximum atomic E-state index is 11.4. The van der Waals surface area contributed by atoms with E-state index in [9.17, 15) is 4.79 Å². The minimum absolute atomic E-state index is 0.138. The van der Waals surface area contributed by atoms with Crippen molar-refractivity contribution >= 4 is 5.91 Å². The third-order valence-electron chi connectivity index (χ3n) is 2.63. The van der Waals surface area contributed by atoms with Crippen LogP contribution in [0.25, 0.3) is 0 Å². The molecular weight excluding hydrogens is 192 g/mol. The van der Waals surface area contributed by atoms with Gasteiger partial charge < -0.3 is 15.4 Å². The van der Waals surface area contributed by atoms with Crippen LogP contribution >= 0.6 is 0 Å². The molecule has 1 heterocycles. The van der Waals surface area contributed by atoms with Gasteiger partial charge in [-0.3, -0.25) is 4.79 Å². The van der Waals surface area contributed by atoms with Crippen LogP contribution in [0.1, 0.15) is 32.1 Å². The topological polar surface area (TPSA) is 50.4 Å². The fourth-order valence-corrected chi connectivity index (χ4v) is 1.71. The van der Waals surface area contributed by atoms with Gasteiger partial charge in [0.05, 0.1) is 6.10 Å². The zero-order valence-electron chi connectivity index (χ0n) is 9.55. The maximum absolute atomic E-state index is 11.4. The molecule has 0 aromatic heterocycles. The molecule has 0 aliphatic carbocycles. The van der Waals surface area contributed by atoms with Gasteiger partial charge in [0.2, 0.25) is 5.91 Å². The largest absolute Gasteiger partial charge is 0.376 e. The lowest BCUT2D eigenvalue weighted by Crippen LogP contribution is -2.35. The highest BCUT2D eigenvalue weighted by molar-refractivity contribution is 5.75. The molecule has 1 saturated heterocycles. The van der Waals surface area contributed by atoms with Crippen LogP contribution in [-0.4, -0.2) is 38.8 Å². The molecule has 1 unspecified atom stereocenters. The van der Waals surface area contributed by atoms with E-state index < -0.39 is 0 Å². The molecule has 0 aromatic rings. The average Bonchev–Trinajstić information content (AvgIpc) is 2.28. The second-order valence-corrected chi connectivity index (χ2v) is 4.00. The summed E-state index contributed by atoms with van der Waals surface area (Å²) in [6.45, 7) is 2.42. The Morgan fingerprint density at radius 2 is 2.33 bits per heavy atom. The van der Waals surface area contributed by atoms with Crippen LogP contribution in [0, 0.1) is 0 Å². The van der Waals surface area contributed by atoms with Crippen molar-refractivity contribution in [1.82, 2.24) is 10.6 Å². The van der Waals surface area contributed by atoms with Crippen LogP contribution in [0.5, 0.6) is 0 Å². The molecule has 1 amide bonds. The smallest absolute Gasteiger partial charge is 0.220 e. The number of hydrogen-bond donors (Lipinski definition) is 2. The molecule has 1 aliphatic rings. The van der Waals surface area contributed by atoms with E-state index in [-0.39, 0.29) is 12.0 Å². The summed E-state index contributed by atoms with van der Waals surface area (Å²) in [4.78, 5) is 11.4. The Kier molecular flexibility index (Phi) is 6.36. The summed E-state index contributed by atoms with van der Waals surface area (Å²) in [6, 6.07) is 0. The van der Waals surface area contributed by atoms with E-state index in [1.165, 1.54) is 6.42 Å². The Morgan fingerprint density at radius 3 is 3.00 bits per heavy atom. The number of carbonyl (C=O) groups is 1. The zero-order chi connectivity index (χ0) is 10.9. The molecule has 1 fully saturated rings. The highest BCUT2D eigenvalue weighted by atomic mass is 16.5. The lowest BCUT2D eigenvalue weighted by molar-refractivity contribution is -0.122. The van der Waals surface area contributed by atoms with Crippen molar-refractivity contribution in [3.63, 3.8) is 0 Å². The Balaban J connectivity index is 2.00. The fraction of sp³-hybridized carbons (Fsp3) is 0.909. The minimum Gasteiger partial charge on any atom is -0.376 e. The van der Waals surface area contributed by atoms with Crippen molar-refractivity contribution < 1.29 is 9.53 Å². The molecule has 1 aliphatic heterocycles. The number of ether oxygens (including phenoxy) is 1. The van der Waals surface area contributed by atoms with Gasteiger partial charge in [0, 0.05) is 19.6 Å². The van der Waals surface area contributed by atoms with Crippen LogP contribution < -0.4 is 10.6 Å². The van der Waals surface area contributed by atoms with Gasteiger partial charge in [-0.25, -0.2) is 0 Å². The number of carbonyl (C=O) groups excluding carboxylic acids is 1. The van der Waals surface area contributed by atoms with Gasteiger partial charge in [0.1, 0.15) is 0 Å². The fourth-order valence-electron chi connectivity index (χ4n) is 1.71. The van der Waals surface area contributed by atoms with E-state index in [0.717, 1.165) is 32.4 Å². The Bertz CT molecular complexity index is 179. The Labute approximate surface area is 91.8 Å². The van der Waals surface area contributed by atoms with Gasteiger partial charge in [0.15, 0.2) is 0 Å². The Morgan fingerprint density at radius 1 is 1.47 bits per heavy atom. The van der Waals surface area contributed by atoms with Crippen molar-refractivity contribution in [1.29, 1.82) is 0 Å². The lowest BCUT2D eigenvalue weighted by atomic mass is 10.1. The molecule has 15 heavy (non-hydrogen) atoms. The van der Waals surface area contributed by atoms with Gasteiger partial charge in [-0.1, -0.05) is 0 Å². The van der Waals surface area contributed by atoms with Gasteiger partial charge in [-0.05, 0) is 39.3 Å². The molecule has 1 rings (SSSR count). The first-order valence-electron chi connectivity index (χ1n) is 5.86. The normalized spacial score (nSPS) is 21.3. The first kappa shape index (κ1) is 12.5. The maximum Gasteiger partial charge on any atom is 0.220 e. The molecule has 2 N–H and O–H groups in total. The van der Waals surface area contributed by atoms with Crippen molar-refractivity contribution in [3.8, 4) is 0 Å². The first-order chi connectivity index (χ1) is 7.33. The average molecular weight is 214 g/mol. The standard InChI is InChI=1S/C11H22N2O2/c1-12-7-4-6-11(14)13-9-10-5-2-3-8-15-10/h10,12H,2-9H2,1H3,(H,13,14). The molecule has 0 saturated carbocycles. The van der Waals surface area contributed by atoms with Gasteiger partial charge >= 0.3 is 0 Å². The van der Waals surface area contributed by atoms with Crippen LogP contribution in [-0.2, 0) is 9.53 Å². The third-order valence-corrected chi connectivity index (χ3v) is 2.63. The first-order valence-corrected chi connectivity index (χ1v) is 5.86. The number of hydrogen-bond acceptors (Lipinski definition) is 3. The molecule has 0 bridgehead atoms. The molecule has 0 aromatic carbocycles. The van der Waals surface area contributed by atoms with Crippen LogP contribution in [0.15, 0.2) is 0 Å². The number of nitrogens with one attached hydrogen (secondary N) is 2. The molecule has 4 nitrogen and oxygen atoms in total. The summed E-state index contributed by atoms with van der Waals surface area (Å²) >= 11 is 0. The third kappa shape index (κ3) is 5.74. The second kappa shape index (κ2) is 7.65. The lowest BCUT2D eigenvalue weighted by Gasteiger charge is -2.22. The molecule has 0 spiro atoms. The number of amides is 1. The van der Waals surface area contributed by atoms with E-state index in [0.29, 0.717) is 13.0 Å². The van der Waals surface area contributed by atoms with E-state index in [2.05, 4.69) is 10.6 Å². The monoisotopic (exact) mass is 214 g/mol. The van der Waals surface area contributed by atoms with Crippen LogP contribution in [0.3, 0.4) is 0 Å². The van der Waals surface area contributed by atoms with Crippen molar-refractivity contribution in [3.05, 3.63) is 0 Å². The minimum atomic E-state index is 0.138.